The molecule has 3 atom stereocenters. The second-order valence-electron chi connectivity index (χ2n) is 11.1. The predicted molar refractivity (Wildman–Crippen MR) is 168 cm³/mol. The minimum Gasteiger partial charge on any atom is -0.349 e. The predicted octanol–water partition coefficient (Wildman–Crippen LogP) is 5.73. The van der Waals surface area contributed by atoms with Gasteiger partial charge in [-0.25, -0.2) is 4.39 Å². The van der Waals surface area contributed by atoms with Crippen LogP contribution in [0.3, 0.4) is 0 Å². The number of anilines is 1. The van der Waals surface area contributed by atoms with Gasteiger partial charge in [0.25, 0.3) is 11.8 Å². The number of carbonyl (C=O) groups excluding carboxylic acids is 3. The van der Waals surface area contributed by atoms with Crippen molar-refractivity contribution in [3.8, 4) is 0 Å². The summed E-state index contributed by atoms with van der Waals surface area (Å²) in [4.78, 5) is 44.3. The summed E-state index contributed by atoms with van der Waals surface area (Å²) in [5.74, 6) is -1.53. The molecule has 2 heterocycles. The van der Waals surface area contributed by atoms with Gasteiger partial charge in [0.1, 0.15) is 11.5 Å². The first-order valence-corrected chi connectivity index (χ1v) is 15.1. The Balaban J connectivity index is 0.000000633. The van der Waals surface area contributed by atoms with Gasteiger partial charge in [-0.1, -0.05) is 56.2 Å². The molecule has 1 aliphatic heterocycles. The van der Waals surface area contributed by atoms with Gasteiger partial charge in [0, 0.05) is 48.5 Å². The molecule has 43 heavy (non-hydrogen) atoms. The van der Waals surface area contributed by atoms with E-state index < -0.39 is 17.9 Å². The van der Waals surface area contributed by atoms with Gasteiger partial charge in [-0.15, -0.1) is 0 Å². The number of nitrogens with zero attached hydrogens (tertiary/aromatic N) is 2. The Bertz CT molecular complexity index is 1320. The van der Waals surface area contributed by atoms with Crippen molar-refractivity contribution >= 4 is 23.4 Å². The van der Waals surface area contributed by atoms with Gasteiger partial charge in [-0.2, -0.15) is 0 Å². The Hall–Kier alpha value is -4.11. The van der Waals surface area contributed by atoms with Crippen LogP contribution in [0.15, 0.2) is 72.9 Å². The smallest absolute Gasteiger partial charge is 0.269 e. The van der Waals surface area contributed by atoms with Crippen LogP contribution in [0.25, 0.3) is 0 Å². The van der Waals surface area contributed by atoms with Crippen LogP contribution in [0.1, 0.15) is 78.8 Å². The maximum atomic E-state index is 13.1. The van der Waals surface area contributed by atoms with Crippen molar-refractivity contribution in [3.05, 3.63) is 95.6 Å². The van der Waals surface area contributed by atoms with Crippen LogP contribution < -0.4 is 16.4 Å². The fraction of sp³-hybridized carbons (Fsp3) is 0.412. The zero-order chi connectivity index (χ0) is 31.2. The molecule has 1 fully saturated rings. The fourth-order valence-corrected chi connectivity index (χ4v) is 5.05. The molecule has 230 valence electrons. The van der Waals surface area contributed by atoms with E-state index in [0.717, 1.165) is 38.6 Å². The lowest BCUT2D eigenvalue weighted by Gasteiger charge is -2.36. The number of aromatic nitrogens is 1. The summed E-state index contributed by atoms with van der Waals surface area (Å²) in [6, 6.07) is 18.7. The van der Waals surface area contributed by atoms with Crippen LogP contribution in [0, 0.1) is 18.7 Å². The van der Waals surface area contributed by atoms with Gasteiger partial charge < -0.3 is 21.3 Å². The molecule has 0 bridgehead atoms. The number of carbonyl (C=O) groups is 3. The van der Waals surface area contributed by atoms with E-state index in [1.165, 1.54) is 42.1 Å². The molecule has 3 aromatic rings. The largest absolute Gasteiger partial charge is 0.349 e. The highest BCUT2D eigenvalue weighted by Gasteiger charge is 2.27. The summed E-state index contributed by atoms with van der Waals surface area (Å²) in [7, 11) is 0. The van der Waals surface area contributed by atoms with Gasteiger partial charge in [-0.3, -0.25) is 19.4 Å². The standard InChI is InChI=1S/C27H36FN5O3.C7H8/c1-3-6-23-7-4-5-14-33(23)27(36)19-12-13-30-24(16-19)26(35)31-17-21(29)15-18(2)25(34)32-22-10-8-20(28)9-11-22;1-7-5-3-2-4-6-7/h8-13,16,18,21,23H,3-7,14-15,17,29H2,1-2H3,(H,31,35)(H,32,34);2-6H,1H3. The van der Waals surface area contributed by atoms with Crippen LogP contribution in [0.2, 0.25) is 0 Å². The van der Waals surface area contributed by atoms with Crippen LogP contribution in [0.5, 0.6) is 0 Å². The minimum absolute atomic E-state index is 0.0673. The second-order valence-corrected chi connectivity index (χ2v) is 11.1. The maximum Gasteiger partial charge on any atom is 0.269 e. The molecule has 4 N–H and O–H groups in total. The average molecular weight is 590 g/mol. The van der Waals surface area contributed by atoms with Crippen molar-refractivity contribution in [2.75, 3.05) is 18.4 Å². The number of aryl methyl sites for hydroxylation is 1. The molecule has 4 rings (SSSR count). The van der Waals surface area contributed by atoms with Crippen LogP contribution in [-0.2, 0) is 4.79 Å². The molecule has 1 aliphatic rings. The molecule has 0 radical (unpaired) electrons. The van der Waals surface area contributed by atoms with Gasteiger partial charge in [-0.05, 0) is 75.4 Å². The minimum atomic E-state index is -0.462. The normalized spacial score (nSPS) is 15.8. The first kappa shape index (κ1) is 33.4. The van der Waals surface area contributed by atoms with Crippen LogP contribution in [0.4, 0.5) is 10.1 Å². The first-order chi connectivity index (χ1) is 20.7. The van der Waals surface area contributed by atoms with E-state index in [0.29, 0.717) is 17.7 Å². The van der Waals surface area contributed by atoms with E-state index in [-0.39, 0.29) is 35.9 Å². The molecule has 3 unspecified atom stereocenters. The van der Waals surface area contributed by atoms with E-state index in [9.17, 15) is 18.8 Å². The lowest BCUT2D eigenvalue weighted by atomic mass is 9.97. The summed E-state index contributed by atoms with van der Waals surface area (Å²) in [5.41, 5.74) is 8.57. The summed E-state index contributed by atoms with van der Waals surface area (Å²) < 4.78 is 13.0. The molecule has 9 heteroatoms. The third-order valence-corrected chi connectivity index (χ3v) is 7.43. The Morgan fingerprint density at radius 1 is 1.07 bits per heavy atom. The maximum absolute atomic E-state index is 13.1. The van der Waals surface area contributed by atoms with Crippen molar-refractivity contribution in [1.82, 2.24) is 15.2 Å². The molecule has 1 saturated heterocycles. The number of hydrogen-bond donors (Lipinski definition) is 3. The van der Waals surface area contributed by atoms with E-state index in [1.54, 1.807) is 13.0 Å². The number of pyridine rings is 1. The van der Waals surface area contributed by atoms with Gasteiger partial charge in [0.2, 0.25) is 5.91 Å². The summed E-state index contributed by atoms with van der Waals surface area (Å²) in [6.07, 6.45) is 6.94. The zero-order valence-corrected chi connectivity index (χ0v) is 25.4. The number of hydrogen-bond acceptors (Lipinski definition) is 5. The molecular formula is C34H44FN5O3. The van der Waals surface area contributed by atoms with Crippen molar-refractivity contribution in [3.63, 3.8) is 0 Å². The number of halogens is 1. The average Bonchev–Trinajstić information content (AvgIpc) is 3.02. The molecule has 0 saturated carbocycles. The molecule has 2 aromatic carbocycles. The molecule has 1 aromatic heterocycles. The van der Waals surface area contributed by atoms with Crippen LogP contribution in [-0.4, -0.2) is 52.8 Å². The Morgan fingerprint density at radius 3 is 2.44 bits per heavy atom. The first-order valence-electron chi connectivity index (χ1n) is 15.1. The van der Waals surface area contributed by atoms with E-state index in [4.69, 9.17) is 5.73 Å². The van der Waals surface area contributed by atoms with Crippen LogP contribution >= 0.6 is 0 Å². The highest BCUT2D eigenvalue weighted by Crippen LogP contribution is 2.23. The third-order valence-electron chi connectivity index (χ3n) is 7.43. The van der Waals surface area contributed by atoms with E-state index >= 15 is 0 Å². The molecule has 0 spiro atoms. The summed E-state index contributed by atoms with van der Waals surface area (Å²) in [5, 5.41) is 5.47. The second kappa shape index (κ2) is 17.1. The van der Waals surface area contributed by atoms with Gasteiger partial charge in [0.15, 0.2) is 0 Å². The number of benzene rings is 2. The van der Waals surface area contributed by atoms with Crippen molar-refractivity contribution in [2.45, 2.75) is 71.4 Å². The molecule has 0 aliphatic carbocycles. The quantitative estimate of drug-likeness (QED) is 0.279. The van der Waals surface area contributed by atoms with Crippen molar-refractivity contribution in [1.29, 1.82) is 0 Å². The molecule has 3 amide bonds. The SMILES string of the molecule is CCCC1CCCCN1C(=O)c1ccnc(C(=O)NCC(N)CC(C)C(=O)Nc2ccc(F)cc2)c1.Cc1ccccc1. The zero-order valence-electron chi connectivity index (χ0n) is 25.4. The molecular weight excluding hydrogens is 545 g/mol. The summed E-state index contributed by atoms with van der Waals surface area (Å²) >= 11 is 0. The van der Waals surface area contributed by atoms with E-state index in [1.807, 2.05) is 23.1 Å². The number of amides is 3. The van der Waals surface area contributed by atoms with E-state index in [2.05, 4.69) is 41.6 Å². The lowest BCUT2D eigenvalue weighted by molar-refractivity contribution is -0.119. The van der Waals surface area contributed by atoms with Gasteiger partial charge >= 0.3 is 0 Å². The van der Waals surface area contributed by atoms with Gasteiger partial charge in [0.05, 0.1) is 0 Å². The number of nitrogens with one attached hydrogen (secondary N) is 2. The highest BCUT2D eigenvalue weighted by molar-refractivity contribution is 5.98. The van der Waals surface area contributed by atoms with Crippen molar-refractivity contribution < 1.29 is 18.8 Å². The molecule has 8 nitrogen and oxygen atoms in total. The topological polar surface area (TPSA) is 117 Å². The Morgan fingerprint density at radius 2 is 1.79 bits per heavy atom. The number of rotatable bonds is 10. The van der Waals surface area contributed by atoms with Crippen molar-refractivity contribution in [2.24, 2.45) is 11.7 Å². The number of likely N-dealkylation sites (tertiary alicyclic amines) is 1. The Kier molecular flexibility index (Phi) is 13.3. The third kappa shape index (κ3) is 10.9. The highest BCUT2D eigenvalue weighted by atomic mass is 19.1. The Labute approximate surface area is 254 Å². The fourth-order valence-electron chi connectivity index (χ4n) is 5.05. The lowest BCUT2D eigenvalue weighted by Crippen LogP contribution is -2.43. The monoisotopic (exact) mass is 589 g/mol. The number of piperidine rings is 1. The number of nitrogens with two attached hydrogens (primary N) is 1. The summed E-state index contributed by atoms with van der Waals surface area (Å²) in [6.45, 7) is 6.83.